The van der Waals surface area contributed by atoms with Gasteiger partial charge in [0.05, 0.1) is 0 Å². The third-order valence-corrected chi connectivity index (χ3v) is 2.91. The number of carbonyl (C=O) groups excluding carboxylic acids is 1. The summed E-state index contributed by atoms with van der Waals surface area (Å²) in [7, 11) is 0. The third-order valence-electron chi connectivity index (χ3n) is 2.91. The number of nitrogens with zero attached hydrogens (tertiary/aromatic N) is 1. The SMILES string of the molecule is CC(CCC(C)(C)C)NC(=O)c1cccc(C(=O)O)n1. The summed E-state index contributed by atoms with van der Waals surface area (Å²) >= 11 is 0. The standard InChI is InChI=1S/C15H22N2O3/c1-10(8-9-15(2,3)4)16-13(18)11-6-5-7-12(17-11)14(19)20/h5-7,10H,8-9H2,1-4H3,(H,16,18)(H,19,20). The van der Waals surface area contributed by atoms with E-state index in [-0.39, 0.29) is 28.8 Å². The molecular formula is C15H22N2O3. The van der Waals surface area contributed by atoms with E-state index in [1.54, 1.807) is 0 Å². The maximum Gasteiger partial charge on any atom is 0.354 e. The van der Waals surface area contributed by atoms with Crippen LogP contribution >= 0.6 is 0 Å². The predicted molar refractivity (Wildman–Crippen MR) is 76.8 cm³/mol. The number of amides is 1. The summed E-state index contributed by atoms with van der Waals surface area (Å²) in [5.74, 6) is -1.48. The van der Waals surface area contributed by atoms with Gasteiger partial charge in [-0.25, -0.2) is 9.78 Å². The van der Waals surface area contributed by atoms with E-state index in [0.29, 0.717) is 0 Å². The predicted octanol–water partition coefficient (Wildman–Crippen LogP) is 2.72. The van der Waals surface area contributed by atoms with Crippen LogP contribution in [-0.4, -0.2) is 28.0 Å². The number of carboxylic acid groups (broad SMARTS) is 1. The molecular weight excluding hydrogens is 256 g/mol. The zero-order valence-corrected chi connectivity index (χ0v) is 12.4. The molecule has 0 saturated carbocycles. The Morgan fingerprint density at radius 2 is 1.90 bits per heavy atom. The summed E-state index contributed by atoms with van der Waals surface area (Å²) in [6.07, 6.45) is 1.87. The van der Waals surface area contributed by atoms with Gasteiger partial charge in [-0.1, -0.05) is 26.8 Å². The minimum Gasteiger partial charge on any atom is -0.477 e. The van der Waals surface area contributed by atoms with E-state index in [4.69, 9.17) is 5.11 Å². The van der Waals surface area contributed by atoms with Crippen LogP contribution < -0.4 is 5.32 Å². The van der Waals surface area contributed by atoms with Gasteiger partial charge in [0, 0.05) is 6.04 Å². The smallest absolute Gasteiger partial charge is 0.354 e. The quantitative estimate of drug-likeness (QED) is 0.868. The van der Waals surface area contributed by atoms with Crippen molar-refractivity contribution in [1.82, 2.24) is 10.3 Å². The number of carbonyl (C=O) groups is 2. The van der Waals surface area contributed by atoms with Gasteiger partial charge in [-0.15, -0.1) is 0 Å². The van der Waals surface area contributed by atoms with E-state index in [2.05, 4.69) is 31.1 Å². The highest BCUT2D eigenvalue weighted by Gasteiger charge is 2.16. The molecule has 2 N–H and O–H groups in total. The molecule has 1 aromatic heterocycles. The van der Waals surface area contributed by atoms with Crippen LogP contribution in [0.3, 0.4) is 0 Å². The molecule has 0 saturated heterocycles. The van der Waals surface area contributed by atoms with E-state index >= 15 is 0 Å². The summed E-state index contributed by atoms with van der Waals surface area (Å²) in [6, 6.07) is 4.42. The fourth-order valence-corrected chi connectivity index (χ4v) is 1.70. The first kappa shape index (κ1) is 16.1. The fraction of sp³-hybridized carbons (Fsp3) is 0.533. The van der Waals surface area contributed by atoms with E-state index in [1.165, 1.54) is 18.2 Å². The maximum atomic E-state index is 12.0. The summed E-state index contributed by atoms with van der Waals surface area (Å²) in [4.78, 5) is 26.6. The topological polar surface area (TPSA) is 79.3 Å². The second-order valence-corrected chi connectivity index (χ2v) is 6.19. The van der Waals surface area contributed by atoms with Gasteiger partial charge in [0.25, 0.3) is 5.91 Å². The van der Waals surface area contributed by atoms with Crippen molar-refractivity contribution in [3.8, 4) is 0 Å². The lowest BCUT2D eigenvalue weighted by atomic mass is 9.89. The molecule has 0 aliphatic rings. The lowest BCUT2D eigenvalue weighted by Crippen LogP contribution is -2.34. The van der Waals surface area contributed by atoms with Crippen LogP contribution in [0.2, 0.25) is 0 Å². The largest absolute Gasteiger partial charge is 0.477 e. The number of aromatic carboxylic acids is 1. The van der Waals surface area contributed by atoms with Crippen LogP contribution in [-0.2, 0) is 0 Å². The third kappa shape index (κ3) is 5.38. The van der Waals surface area contributed by atoms with Crippen LogP contribution in [0.5, 0.6) is 0 Å². The number of carboxylic acids is 1. The van der Waals surface area contributed by atoms with Crippen molar-refractivity contribution >= 4 is 11.9 Å². The molecule has 5 heteroatoms. The highest BCUT2D eigenvalue weighted by Crippen LogP contribution is 2.21. The molecule has 1 heterocycles. The number of nitrogens with one attached hydrogen (secondary N) is 1. The fourth-order valence-electron chi connectivity index (χ4n) is 1.70. The second-order valence-electron chi connectivity index (χ2n) is 6.19. The maximum absolute atomic E-state index is 12.0. The molecule has 1 unspecified atom stereocenters. The number of rotatable bonds is 5. The van der Waals surface area contributed by atoms with Gasteiger partial charge in [0.2, 0.25) is 0 Å². The van der Waals surface area contributed by atoms with Crippen molar-refractivity contribution < 1.29 is 14.7 Å². The molecule has 0 aliphatic heterocycles. The van der Waals surface area contributed by atoms with Crippen LogP contribution in [0.1, 0.15) is 61.5 Å². The normalized spacial score (nSPS) is 12.8. The Balaban J connectivity index is 2.62. The highest BCUT2D eigenvalue weighted by molar-refractivity contribution is 5.94. The van der Waals surface area contributed by atoms with Crippen LogP contribution in [0.25, 0.3) is 0 Å². The molecule has 0 radical (unpaired) electrons. The highest BCUT2D eigenvalue weighted by atomic mass is 16.4. The van der Waals surface area contributed by atoms with Crippen molar-refractivity contribution in [2.24, 2.45) is 5.41 Å². The summed E-state index contributed by atoms with van der Waals surface area (Å²) in [6.45, 7) is 8.39. The molecule has 1 atom stereocenters. The second kappa shape index (κ2) is 6.50. The molecule has 0 aliphatic carbocycles. The van der Waals surface area contributed by atoms with Gasteiger partial charge >= 0.3 is 5.97 Å². The van der Waals surface area contributed by atoms with Crippen molar-refractivity contribution in [2.45, 2.75) is 46.6 Å². The van der Waals surface area contributed by atoms with Gasteiger partial charge in [-0.05, 0) is 37.3 Å². The molecule has 0 bridgehead atoms. The first-order valence-electron chi connectivity index (χ1n) is 6.70. The molecule has 20 heavy (non-hydrogen) atoms. The molecule has 0 spiro atoms. The Hall–Kier alpha value is -1.91. The molecule has 0 fully saturated rings. The molecule has 1 amide bonds. The van der Waals surface area contributed by atoms with E-state index in [1.807, 2.05) is 6.92 Å². The van der Waals surface area contributed by atoms with Gasteiger partial charge in [-0.3, -0.25) is 4.79 Å². The van der Waals surface area contributed by atoms with Crippen molar-refractivity contribution in [3.63, 3.8) is 0 Å². The Bertz CT molecular complexity index is 492. The number of pyridine rings is 1. The Morgan fingerprint density at radius 3 is 2.45 bits per heavy atom. The zero-order valence-electron chi connectivity index (χ0n) is 12.4. The Morgan fingerprint density at radius 1 is 1.30 bits per heavy atom. The summed E-state index contributed by atoms with van der Waals surface area (Å²) in [5, 5.41) is 11.7. The van der Waals surface area contributed by atoms with Gasteiger partial charge < -0.3 is 10.4 Å². The molecule has 5 nitrogen and oxygen atoms in total. The number of hydrogen-bond donors (Lipinski definition) is 2. The minimum atomic E-state index is -1.14. The molecule has 0 aromatic carbocycles. The average molecular weight is 278 g/mol. The van der Waals surface area contributed by atoms with Crippen molar-refractivity contribution in [1.29, 1.82) is 0 Å². The van der Waals surface area contributed by atoms with Gasteiger partial charge in [0.15, 0.2) is 0 Å². The summed E-state index contributed by atoms with van der Waals surface area (Å²) in [5.41, 5.74) is 0.230. The molecule has 110 valence electrons. The zero-order chi connectivity index (χ0) is 15.3. The Labute approximate surface area is 119 Å². The van der Waals surface area contributed by atoms with Crippen LogP contribution in [0.15, 0.2) is 18.2 Å². The average Bonchev–Trinajstić information content (AvgIpc) is 2.35. The first-order valence-corrected chi connectivity index (χ1v) is 6.70. The summed E-state index contributed by atoms with van der Waals surface area (Å²) < 4.78 is 0. The first-order chi connectivity index (χ1) is 9.19. The number of hydrogen-bond acceptors (Lipinski definition) is 3. The van der Waals surface area contributed by atoms with Gasteiger partial charge in [-0.2, -0.15) is 0 Å². The lowest BCUT2D eigenvalue weighted by molar-refractivity contribution is 0.0690. The van der Waals surface area contributed by atoms with Crippen molar-refractivity contribution in [2.75, 3.05) is 0 Å². The van der Waals surface area contributed by atoms with Crippen molar-refractivity contribution in [3.05, 3.63) is 29.6 Å². The monoisotopic (exact) mass is 278 g/mol. The van der Waals surface area contributed by atoms with Gasteiger partial charge in [0.1, 0.15) is 11.4 Å². The number of aromatic nitrogens is 1. The minimum absolute atomic E-state index is 0.0250. The lowest BCUT2D eigenvalue weighted by Gasteiger charge is -2.21. The van der Waals surface area contributed by atoms with Crippen LogP contribution in [0, 0.1) is 5.41 Å². The van der Waals surface area contributed by atoms with Crippen LogP contribution in [0.4, 0.5) is 0 Å². The van der Waals surface area contributed by atoms with E-state index < -0.39 is 5.97 Å². The molecule has 1 rings (SSSR count). The molecule has 1 aromatic rings. The Kier molecular flexibility index (Phi) is 5.25. The van der Waals surface area contributed by atoms with E-state index in [9.17, 15) is 9.59 Å². The van der Waals surface area contributed by atoms with E-state index in [0.717, 1.165) is 12.8 Å².